The molecule has 0 saturated carbocycles. The minimum atomic E-state index is -0.955. The standard InChI is InChI=1S/C9H9FN2O4/c1-11-7-4-6(10)5(9(13)16-2)3-8(7)12(14)15/h3-4,11H,1-2H3. The van der Waals surface area contributed by atoms with Crippen LogP contribution in [-0.4, -0.2) is 25.1 Å². The molecule has 0 unspecified atom stereocenters. The number of rotatable bonds is 3. The van der Waals surface area contributed by atoms with Crippen molar-refractivity contribution in [2.45, 2.75) is 0 Å². The second-order valence-corrected chi connectivity index (χ2v) is 2.85. The number of nitro benzene ring substituents is 1. The number of esters is 1. The van der Waals surface area contributed by atoms with Gasteiger partial charge in [-0.2, -0.15) is 0 Å². The maximum atomic E-state index is 13.4. The molecule has 0 heterocycles. The van der Waals surface area contributed by atoms with E-state index in [-0.39, 0.29) is 11.4 Å². The van der Waals surface area contributed by atoms with E-state index >= 15 is 0 Å². The number of carbonyl (C=O) groups is 1. The lowest BCUT2D eigenvalue weighted by atomic mass is 10.1. The number of nitrogens with zero attached hydrogens (tertiary/aromatic N) is 1. The molecule has 0 bridgehead atoms. The molecule has 0 aliphatic heterocycles. The van der Waals surface area contributed by atoms with Gasteiger partial charge < -0.3 is 10.1 Å². The second kappa shape index (κ2) is 4.56. The van der Waals surface area contributed by atoms with Crippen LogP contribution >= 0.6 is 0 Å². The molecule has 0 amide bonds. The van der Waals surface area contributed by atoms with E-state index < -0.39 is 22.3 Å². The summed E-state index contributed by atoms with van der Waals surface area (Å²) in [7, 11) is 2.49. The van der Waals surface area contributed by atoms with Crippen molar-refractivity contribution in [3.63, 3.8) is 0 Å². The highest BCUT2D eigenvalue weighted by Crippen LogP contribution is 2.27. The van der Waals surface area contributed by atoms with Crippen LogP contribution in [0, 0.1) is 15.9 Å². The molecular weight excluding hydrogens is 219 g/mol. The maximum Gasteiger partial charge on any atom is 0.341 e. The van der Waals surface area contributed by atoms with Crippen molar-refractivity contribution in [2.75, 3.05) is 19.5 Å². The van der Waals surface area contributed by atoms with Crippen molar-refractivity contribution in [2.24, 2.45) is 0 Å². The third kappa shape index (κ3) is 2.08. The van der Waals surface area contributed by atoms with Gasteiger partial charge in [-0.05, 0) is 0 Å². The number of nitro groups is 1. The second-order valence-electron chi connectivity index (χ2n) is 2.85. The Labute approximate surface area is 90.2 Å². The molecule has 16 heavy (non-hydrogen) atoms. The number of methoxy groups -OCH3 is 1. The lowest BCUT2D eigenvalue weighted by molar-refractivity contribution is -0.384. The molecule has 0 aromatic heterocycles. The van der Waals surface area contributed by atoms with E-state index in [9.17, 15) is 19.3 Å². The van der Waals surface area contributed by atoms with Gasteiger partial charge in [0.05, 0.1) is 12.0 Å². The van der Waals surface area contributed by atoms with E-state index in [1.165, 1.54) is 7.05 Å². The average molecular weight is 228 g/mol. The summed E-state index contributed by atoms with van der Waals surface area (Å²) in [5.41, 5.74) is -0.854. The molecule has 1 aromatic carbocycles. The smallest absolute Gasteiger partial charge is 0.341 e. The van der Waals surface area contributed by atoms with Crippen molar-refractivity contribution in [1.82, 2.24) is 0 Å². The highest BCUT2D eigenvalue weighted by atomic mass is 19.1. The van der Waals surface area contributed by atoms with E-state index in [2.05, 4.69) is 10.1 Å². The zero-order valence-electron chi connectivity index (χ0n) is 8.61. The Morgan fingerprint density at radius 3 is 2.62 bits per heavy atom. The lowest BCUT2D eigenvalue weighted by Gasteiger charge is -2.05. The molecule has 0 fully saturated rings. The molecule has 0 atom stereocenters. The SMILES string of the molecule is CNc1cc(F)c(C(=O)OC)cc1[N+](=O)[O-]. The molecule has 86 valence electrons. The molecule has 1 N–H and O–H groups in total. The van der Waals surface area contributed by atoms with Crippen LogP contribution in [0.15, 0.2) is 12.1 Å². The summed E-state index contributed by atoms with van der Waals surface area (Å²) in [5, 5.41) is 13.1. The van der Waals surface area contributed by atoms with Crippen LogP contribution < -0.4 is 5.32 Å². The van der Waals surface area contributed by atoms with Crippen LogP contribution in [0.4, 0.5) is 15.8 Å². The topological polar surface area (TPSA) is 81.5 Å². The summed E-state index contributed by atoms with van der Waals surface area (Å²) in [6.45, 7) is 0. The minimum absolute atomic E-state index is 0.00449. The average Bonchev–Trinajstić information content (AvgIpc) is 2.27. The Kier molecular flexibility index (Phi) is 3.39. The van der Waals surface area contributed by atoms with Gasteiger partial charge in [-0.15, -0.1) is 0 Å². The van der Waals surface area contributed by atoms with Crippen molar-refractivity contribution in [3.05, 3.63) is 33.6 Å². The summed E-state index contributed by atoms with van der Waals surface area (Å²) in [4.78, 5) is 21.0. The number of hydrogen-bond donors (Lipinski definition) is 1. The first-order chi connectivity index (χ1) is 7.51. The number of benzene rings is 1. The van der Waals surface area contributed by atoms with E-state index in [1.807, 2.05) is 0 Å². The zero-order chi connectivity index (χ0) is 12.3. The lowest BCUT2D eigenvalue weighted by Crippen LogP contribution is -2.07. The Hall–Kier alpha value is -2.18. The van der Waals surface area contributed by atoms with Gasteiger partial charge in [0.1, 0.15) is 17.1 Å². The minimum Gasteiger partial charge on any atom is -0.465 e. The monoisotopic (exact) mass is 228 g/mol. The fourth-order valence-electron chi connectivity index (χ4n) is 1.18. The van der Waals surface area contributed by atoms with Crippen LogP contribution in [0.2, 0.25) is 0 Å². The Morgan fingerprint density at radius 2 is 2.19 bits per heavy atom. The van der Waals surface area contributed by atoms with Gasteiger partial charge >= 0.3 is 5.97 Å². The molecule has 0 spiro atoms. The number of nitrogens with one attached hydrogen (secondary N) is 1. The highest BCUT2D eigenvalue weighted by molar-refractivity contribution is 5.91. The first kappa shape index (κ1) is 11.9. The van der Waals surface area contributed by atoms with E-state index in [0.29, 0.717) is 0 Å². The van der Waals surface area contributed by atoms with Crippen molar-refractivity contribution in [1.29, 1.82) is 0 Å². The van der Waals surface area contributed by atoms with Gasteiger partial charge in [0, 0.05) is 19.2 Å². The zero-order valence-corrected chi connectivity index (χ0v) is 8.61. The van der Waals surface area contributed by atoms with E-state index in [1.54, 1.807) is 0 Å². The highest BCUT2D eigenvalue weighted by Gasteiger charge is 2.21. The van der Waals surface area contributed by atoms with Crippen LogP contribution in [0.1, 0.15) is 10.4 Å². The summed E-state index contributed by atoms with van der Waals surface area (Å²) in [5.74, 6) is -1.83. The van der Waals surface area contributed by atoms with Gasteiger partial charge in [0.25, 0.3) is 5.69 Å². The summed E-state index contributed by atoms with van der Waals surface area (Å²) in [6, 6.07) is 1.72. The fourth-order valence-corrected chi connectivity index (χ4v) is 1.18. The molecule has 1 rings (SSSR count). The van der Waals surface area contributed by atoms with Crippen LogP contribution in [0.3, 0.4) is 0 Å². The molecule has 0 aliphatic rings. The fraction of sp³-hybridized carbons (Fsp3) is 0.222. The summed E-state index contributed by atoms with van der Waals surface area (Å²) < 4.78 is 17.7. The van der Waals surface area contributed by atoms with Crippen molar-refractivity contribution >= 4 is 17.3 Å². The van der Waals surface area contributed by atoms with Crippen molar-refractivity contribution in [3.8, 4) is 0 Å². The molecular formula is C9H9FN2O4. The third-order valence-electron chi connectivity index (χ3n) is 1.96. The quantitative estimate of drug-likeness (QED) is 0.482. The van der Waals surface area contributed by atoms with Gasteiger partial charge in [-0.25, -0.2) is 9.18 Å². The summed E-state index contributed by atoms with van der Waals surface area (Å²) in [6.07, 6.45) is 0. The molecule has 0 aliphatic carbocycles. The molecule has 6 nitrogen and oxygen atoms in total. The normalized spacial score (nSPS) is 9.69. The number of anilines is 1. The molecule has 0 radical (unpaired) electrons. The van der Waals surface area contributed by atoms with Crippen LogP contribution in [0.5, 0.6) is 0 Å². The number of carbonyl (C=O) groups excluding carboxylic acids is 1. The predicted octanol–water partition coefficient (Wildman–Crippen LogP) is 1.56. The van der Waals surface area contributed by atoms with Gasteiger partial charge in [-0.1, -0.05) is 0 Å². The third-order valence-corrected chi connectivity index (χ3v) is 1.96. The number of halogens is 1. The summed E-state index contributed by atoms with van der Waals surface area (Å²) >= 11 is 0. The number of ether oxygens (including phenoxy) is 1. The maximum absolute atomic E-state index is 13.4. The Balaban J connectivity index is 3.38. The Morgan fingerprint density at radius 1 is 1.56 bits per heavy atom. The first-order valence-electron chi connectivity index (χ1n) is 4.25. The predicted molar refractivity (Wildman–Crippen MR) is 53.9 cm³/mol. The number of hydrogen-bond acceptors (Lipinski definition) is 5. The van der Waals surface area contributed by atoms with Gasteiger partial charge in [0.15, 0.2) is 0 Å². The Bertz CT molecular complexity index is 447. The molecule has 0 saturated heterocycles. The van der Waals surface area contributed by atoms with Crippen LogP contribution in [0.25, 0.3) is 0 Å². The van der Waals surface area contributed by atoms with Crippen LogP contribution in [-0.2, 0) is 4.74 Å². The molecule has 7 heteroatoms. The van der Waals surface area contributed by atoms with E-state index in [0.717, 1.165) is 19.2 Å². The first-order valence-corrected chi connectivity index (χ1v) is 4.25. The van der Waals surface area contributed by atoms with Gasteiger partial charge in [-0.3, -0.25) is 10.1 Å². The molecule has 1 aromatic rings. The van der Waals surface area contributed by atoms with E-state index in [4.69, 9.17) is 0 Å². The largest absolute Gasteiger partial charge is 0.465 e. The van der Waals surface area contributed by atoms with Gasteiger partial charge in [0.2, 0.25) is 0 Å². The van der Waals surface area contributed by atoms with Crippen molar-refractivity contribution < 1.29 is 18.8 Å².